The van der Waals surface area contributed by atoms with Gasteiger partial charge in [-0.3, -0.25) is 20.4 Å². The van der Waals surface area contributed by atoms with Crippen LogP contribution in [-0.4, -0.2) is 26.0 Å². The second kappa shape index (κ2) is 9.71. The smallest absolute Gasteiger partial charge is 0.305 e. The van der Waals surface area contributed by atoms with Gasteiger partial charge >= 0.3 is 5.91 Å². The first-order valence-electron chi connectivity index (χ1n) is 9.52. The third-order valence-corrected chi connectivity index (χ3v) is 4.52. The van der Waals surface area contributed by atoms with Crippen molar-refractivity contribution in [2.45, 2.75) is 20.5 Å². The summed E-state index contributed by atoms with van der Waals surface area (Å²) in [7, 11) is 2.97. The number of hydrogen-bond donors (Lipinski definition) is 2. The Morgan fingerprint density at radius 3 is 2.26 bits per heavy atom. The van der Waals surface area contributed by atoms with Gasteiger partial charge in [-0.1, -0.05) is 17.7 Å². The lowest BCUT2D eigenvalue weighted by atomic mass is 10.1. The Kier molecular flexibility index (Phi) is 6.81. The molecule has 0 aliphatic rings. The van der Waals surface area contributed by atoms with Gasteiger partial charge in [-0.25, -0.2) is 0 Å². The van der Waals surface area contributed by atoms with Crippen LogP contribution in [-0.2, 0) is 6.61 Å². The predicted molar refractivity (Wildman–Crippen MR) is 113 cm³/mol. The topological polar surface area (TPSA) is 99.0 Å². The lowest BCUT2D eigenvalue weighted by Crippen LogP contribution is -2.41. The quantitative estimate of drug-likeness (QED) is 0.563. The molecule has 0 atom stereocenters. The van der Waals surface area contributed by atoms with E-state index in [9.17, 15) is 9.59 Å². The SMILES string of the molecule is COc1ccc(C(=O)NNC(=O)c2ccc(COc3ccc(C)cc3C)o2)cc1OC. The molecule has 0 fully saturated rings. The summed E-state index contributed by atoms with van der Waals surface area (Å²) in [5, 5.41) is 0. The molecule has 0 saturated heterocycles. The number of hydrogen-bond acceptors (Lipinski definition) is 6. The molecule has 162 valence electrons. The maximum atomic E-state index is 12.3. The summed E-state index contributed by atoms with van der Waals surface area (Å²) in [6.45, 7) is 4.15. The van der Waals surface area contributed by atoms with E-state index >= 15 is 0 Å². The van der Waals surface area contributed by atoms with Crippen LogP contribution < -0.4 is 25.1 Å². The summed E-state index contributed by atoms with van der Waals surface area (Å²) >= 11 is 0. The number of ether oxygens (including phenoxy) is 3. The summed E-state index contributed by atoms with van der Waals surface area (Å²) < 4.78 is 21.6. The van der Waals surface area contributed by atoms with Crippen LogP contribution in [0.2, 0.25) is 0 Å². The molecule has 31 heavy (non-hydrogen) atoms. The van der Waals surface area contributed by atoms with Crippen LogP contribution in [0.25, 0.3) is 0 Å². The molecule has 1 heterocycles. The second-order valence-electron chi connectivity index (χ2n) is 6.80. The van der Waals surface area contributed by atoms with Gasteiger partial charge in [-0.2, -0.15) is 0 Å². The van der Waals surface area contributed by atoms with Crippen molar-refractivity contribution in [3.05, 3.63) is 76.7 Å². The fourth-order valence-corrected chi connectivity index (χ4v) is 2.91. The van der Waals surface area contributed by atoms with E-state index in [-0.39, 0.29) is 12.4 Å². The van der Waals surface area contributed by atoms with Gasteiger partial charge < -0.3 is 18.6 Å². The van der Waals surface area contributed by atoms with Crippen molar-refractivity contribution in [2.75, 3.05) is 14.2 Å². The third-order valence-electron chi connectivity index (χ3n) is 4.52. The minimum Gasteiger partial charge on any atom is -0.493 e. The number of rotatable bonds is 7. The van der Waals surface area contributed by atoms with Crippen LogP contribution in [0.4, 0.5) is 0 Å². The molecule has 8 nitrogen and oxygen atoms in total. The zero-order valence-electron chi connectivity index (χ0n) is 17.8. The molecule has 1 aromatic heterocycles. The molecule has 0 unspecified atom stereocenters. The highest BCUT2D eigenvalue weighted by molar-refractivity contribution is 5.98. The highest BCUT2D eigenvalue weighted by Gasteiger charge is 2.15. The monoisotopic (exact) mass is 424 g/mol. The largest absolute Gasteiger partial charge is 0.493 e. The van der Waals surface area contributed by atoms with Crippen LogP contribution in [0.1, 0.15) is 37.8 Å². The van der Waals surface area contributed by atoms with E-state index in [1.54, 1.807) is 18.2 Å². The molecular formula is C23H24N2O6. The number of amides is 2. The fourth-order valence-electron chi connectivity index (χ4n) is 2.91. The van der Waals surface area contributed by atoms with Gasteiger partial charge in [0.25, 0.3) is 5.91 Å². The standard InChI is InChI=1S/C23H24N2O6/c1-14-5-8-18(15(2)11-14)30-13-17-7-10-20(31-17)23(27)25-24-22(26)16-6-9-19(28-3)21(12-16)29-4/h5-12H,13H2,1-4H3,(H,24,26)(H,25,27). The van der Waals surface area contributed by atoms with Crippen LogP contribution in [0.5, 0.6) is 17.2 Å². The summed E-state index contributed by atoms with van der Waals surface area (Å²) in [6.07, 6.45) is 0. The van der Waals surface area contributed by atoms with Gasteiger partial charge in [0, 0.05) is 5.56 Å². The van der Waals surface area contributed by atoms with Crippen molar-refractivity contribution in [3.63, 3.8) is 0 Å². The molecule has 0 aliphatic heterocycles. The molecule has 2 N–H and O–H groups in total. The molecular weight excluding hydrogens is 400 g/mol. The highest BCUT2D eigenvalue weighted by atomic mass is 16.5. The van der Waals surface area contributed by atoms with Crippen molar-refractivity contribution in [3.8, 4) is 17.2 Å². The van der Waals surface area contributed by atoms with E-state index in [2.05, 4.69) is 10.9 Å². The molecule has 0 spiro atoms. The first kappa shape index (κ1) is 21.8. The van der Waals surface area contributed by atoms with Crippen LogP contribution in [0.3, 0.4) is 0 Å². The van der Waals surface area contributed by atoms with Crippen molar-refractivity contribution < 1.29 is 28.2 Å². The molecule has 0 bridgehead atoms. The van der Waals surface area contributed by atoms with E-state index in [0.29, 0.717) is 22.8 Å². The second-order valence-corrected chi connectivity index (χ2v) is 6.80. The average molecular weight is 424 g/mol. The van der Waals surface area contributed by atoms with Crippen LogP contribution in [0.15, 0.2) is 52.9 Å². The molecule has 3 rings (SSSR count). The Hall–Kier alpha value is -3.94. The van der Waals surface area contributed by atoms with Gasteiger partial charge in [-0.15, -0.1) is 0 Å². The van der Waals surface area contributed by atoms with Gasteiger partial charge in [-0.05, 0) is 55.8 Å². The van der Waals surface area contributed by atoms with E-state index in [1.807, 2.05) is 32.0 Å². The number of carbonyl (C=O) groups excluding carboxylic acids is 2. The third kappa shape index (κ3) is 5.36. The zero-order valence-corrected chi connectivity index (χ0v) is 17.8. The van der Waals surface area contributed by atoms with Crippen molar-refractivity contribution >= 4 is 11.8 Å². The molecule has 0 saturated carbocycles. The van der Waals surface area contributed by atoms with E-state index in [4.69, 9.17) is 18.6 Å². The Morgan fingerprint density at radius 2 is 1.55 bits per heavy atom. The van der Waals surface area contributed by atoms with Gasteiger partial charge in [0.2, 0.25) is 0 Å². The summed E-state index contributed by atoms with van der Waals surface area (Å²) in [5.74, 6) is 1.07. The lowest BCUT2D eigenvalue weighted by molar-refractivity contribution is 0.0828. The first-order valence-corrected chi connectivity index (χ1v) is 9.52. The maximum absolute atomic E-state index is 12.3. The van der Waals surface area contributed by atoms with Gasteiger partial charge in [0.15, 0.2) is 17.3 Å². The molecule has 8 heteroatoms. The Morgan fingerprint density at radius 1 is 0.839 bits per heavy atom. The average Bonchev–Trinajstić information content (AvgIpc) is 3.25. The molecule has 2 amide bonds. The van der Waals surface area contributed by atoms with Gasteiger partial charge in [0.05, 0.1) is 14.2 Å². The minimum atomic E-state index is -0.591. The molecule has 0 radical (unpaired) electrons. The first-order chi connectivity index (χ1) is 14.9. The van der Waals surface area contributed by atoms with Crippen molar-refractivity contribution in [2.24, 2.45) is 0 Å². The summed E-state index contributed by atoms with van der Waals surface area (Å²) in [6, 6.07) is 13.7. The fraction of sp³-hybridized carbons (Fsp3) is 0.217. The minimum absolute atomic E-state index is 0.0480. The van der Waals surface area contributed by atoms with E-state index in [1.165, 1.54) is 26.4 Å². The molecule has 3 aromatic rings. The van der Waals surface area contributed by atoms with Crippen molar-refractivity contribution in [1.82, 2.24) is 10.9 Å². The number of benzene rings is 2. The molecule has 2 aromatic carbocycles. The lowest BCUT2D eigenvalue weighted by Gasteiger charge is -2.10. The van der Waals surface area contributed by atoms with Crippen LogP contribution in [0, 0.1) is 13.8 Å². The number of furan rings is 1. The Balaban J connectivity index is 1.55. The Labute approximate surface area is 180 Å². The predicted octanol–water partition coefficient (Wildman–Crippen LogP) is 3.57. The number of methoxy groups -OCH3 is 2. The summed E-state index contributed by atoms with van der Waals surface area (Å²) in [5.41, 5.74) is 7.12. The number of aryl methyl sites for hydroxylation is 2. The van der Waals surface area contributed by atoms with Gasteiger partial charge in [0.1, 0.15) is 18.1 Å². The van der Waals surface area contributed by atoms with Crippen molar-refractivity contribution in [1.29, 1.82) is 0 Å². The normalized spacial score (nSPS) is 10.3. The maximum Gasteiger partial charge on any atom is 0.305 e. The zero-order chi connectivity index (χ0) is 22.4. The van der Waals surface area contributed by atoms with E-state index in [0.717, 1.165) is 16.9 Å². The number of hydrazine groups is 1. The highest BCUT2D eigenvalue weighted by Crippen LogP contribution is 2.27. The summed E-state index contributed by atoms with van der Waals surface area (Å²) in [4.78, 5) is 24.6. The number of nitrogens with one attached hydrogen (secondary N) is 2. The van der Waals surface area contributed by atoms with Crippen LogP contribution >= 0.6 is 0 Å². The Bertz CT molecular complexity index is 1090. The number of carbonyl (C=O) groups is 2. The van der Waals surface area contributed by atoms with E-state index < -0.39 is 11.8 Å². The molecule has 0 aliphatic carbocycles.